The second-order valence-electron chi connectivity index (χ2n) is 5.32. The molecule has 6 heteroatoms. The van der Waals surface area contributed by atoms with Crippen LogP contribution in [0, 0.1) is 11.3 Å². The summed E-state index contributed by atoms with van der Waals surface area (Å²) in [5.74, 6) is 0.595. The molecule has 21 heavy (non-hydrogen) atoms. The van der Waals surface area contributed by atoms with Crippen LogP contribution in [0.5, 0.6) is 0 Å². The highest BCUT2D eigenvalue weighted by Crippen LogP contribution is 2.27. The molecular formula is C15H15N5O. The highest BCUT2D eigenvalue weighted by atomic mass is 16.1. The Bertz CT molecular complexity index is 942. The number of nitriles is 1. The largest absolute Gasteiger partial charge is 0.338 e. The topological polar surface area (TPSA) is 77.7 Å². The Hall–Kier alpha value is -2.65. The molecule has 6 nitrogen and oxygen atoms in total. The lowest BCUT2D eigenvalue weighted by Crippen LogP contribution is -2.19. The lowest BCUT2D eigenvalue weighted by molar-refractivity contribution is 0.390. The number of nitrogens with one attached hydrogen (secondary N) is 1. The van der Waals surface area contributed by atoms with Crippen molar-refractivity contribution in [2.75, 3.05) is 14.1 Å². The number of aromatic amines is 1. The Morgan fingerprint density at radius 3 is 2.86 bits per heavy atom. The SMILES string of the molecule is CN(C)Cc1nc2c3c(C#N)cccc3n(C)c2c(=O)[nH]1. The third-order valence-corrected chi connectivity index (χ3v) is 3.51. The molecule has 0 spiro atoms. The van der Waals surface area contributed by atoms with Crippen LogP contribution < -0.4 is 5.56 Å². The lowest BCUT2D eigenvalue weighted by atomic mass is 10.1. The Morgan fingerprint density at radius 2 is 2.19 bits per heavy atom. The molecule has 0 saturated heterocycles. The van der Waals surface area contributed by atoms with Crippen molar-refractivity contribution < 1.29 is 0 Å². The Kier molecular flexibility index (Phi) is 3.00. The zero-order chi connectivity index (χ0) is 15.1. The maximum atomic E-state index is 12.4. The first-order chi connectivity index (χ1) is 10.0. The van der Waals surface area contributed by atoms with Crippen molar-refractivity contribution in [3.05, 3.63) is 39.9 Å². The molecule has 106 valence electrons. The number of rotatable bonds is 2. The average molecular weight is 281 g/mol. The van der Waals surface area contributed by atoms with Crippen LogP contribution in [0.25, 0.3) is 21.9 Å². The second-order valence-corrected chi connectivity index (χ2v) is 5.32. The molecule has 0 bridgehead atoms. The molecule has 0 atom stereocenters. The van der Waals surface area contributed by atoms with E-state index in [1.165, 1.54) is 0 Å². The number of nitrogens with zero attached hydrogens (tertiary/aromatic N) is 4. The summed E-state index contributed by atoms with van der Waals surface area (Å²) in [6.45, 7) is 0.538. The van der Waals surface area contributed by atoms with Crippen molar-refractivity contribution in [1.82, 2.24) is 19.4 Å². The molecular weight excluding hydrogens is 266 g/mol. The summed E-state index contributed by atoms with van der Waals surface area (Å²) in [4.78, 5) is 21.7. The third-order valence-electron chi connectivity index (χ3n) is 3.51. The Balaban J connectivity index is 2.48. The number of hydrogen-bond acceptors (Lipinski definition) is 4. The van der Waals surface area contributed by atoms with Crippen LogP contribution in [0.2, 0.25) is 0 Å². The molecule has 0 saturated carbocycles. The van der Waals surface area contributed by atoms with Gasteiger partial charge < -0.3 is 14.5 Å². The smallest absolute Gasteiger partial charge is 0.275 e. The van der Waals surface area contributed by atoms with Gasteiger partial charge in [-0.2, -0.15) is 5.26 Å². The molecule has 0 unspecified atom stereocenters. The zero-order valence-corrected chi connectivity index (χ0v) is 12.1. The van der Waals surface area contributed by atoms with Crippen molar-refractivity contribution >= 4 is 21.9 Å². The van der Waals surface area contributed by atoms with Crippen LogP contribution in [-0.4, -0.2) is 33.5 Å². The standard InChI is InChI=1S/C15H15N5O/c1-19(2)8-11-17-13-12-9(7-16)5-4-6-10(12)20(3)14(13)15(21)18-11/h4-6H,8H2,1-3H3,(H,17,18,21). The Labute approximate surface area is 121 Å². The Morgan fingerprint density at radius 1 is 1.43 bits per heavy atom. The first-order valence-electron chi connectivity index (χ1n) is 6.58. The fourth-order valence-electron chi connectivity index (χ4n) is 2.66. The van der Waals surface area contributed by atoms with Gasteiger partial charge in [0.05, 0.1) is 23.7 Å². The molecule has 0 aliphatic heterocycles. The van der Waals surface area contributed by atoms with E-state index in [1.54, 1.807) is 10.6 Å². The van der Waals surface area contributed by atoms with E-state index in [0.29, 0.717) is 29.0 Å². The highest BCUT2D eigenvalue weighted by molar-refractivity contribution is 6.08. The van der Waals surface area contributed by atoms with Gasteiger partial charge in [0.15, 0.2) is 0 Å². The van der Waals surface area contributed by atoms with Crippen LogP contribution in [0.3, 0.4) is 0 Å². The first-order valence-corrected chi connectivity index (χ1v) is 6.58. The number of benzene rings is 1. The van der Waals surface area contributed by atoms with E-state index in [0.717, 1.165) is 10.9 Å². The first kappa shape index (κ1) is 13.3. The van der Waals surface area contributed by atoms with Crippen molar-refractivity contribution in [3.63, 3.8) is 0 Å². The summed E-state index contributed by atoms with van der Waals surface area (Å²) in [6.07, 6.45) is 0. The average Bonchev–Trinajstić information content (AvgIpc) is 2.72. The fraction of sp³-hybridized carbons (Fsp3) is 0.267. The molecule has 0 aliphatic rings. The lowest BCUT2D eigenvalue weighted by Gasteiger charge is -2.08. The van der Waals surface area contributed by atoms with Gasteiger partial charge in [-0.05, 0) is 26.2 Å². The van der Waals surface area contributed by atoms with E-state index in [2.05, 4.69) is 16.0 Å². The van der Waals surface area contributed by atoms with Crippen molar-refractivity contribution in [2.45, 2.75) is 6.54 Å². The van der Waals surface area contributed by atoms with Gasteiger partial charge in [0, 0.05) is 12.4 Å². The van der Waals surface area contributed by atoms with Crippen molar-refractivity contribution in [2.24, 2.45) is 7.05 Å². The highest BCUT2D eigenvalue weighted by Gasteiger charge is 2.16. The molecule has 3 aromatic rings. The molecule has 0 aliphatic carbocycles. The molecule has 0 radical (unpaired) electrons. The van der Waals surface area contributed by atoms with E-state index in [-0.39, 0.29) is 5.56 Å². The zero-order valence-electron chi connectivity index (χ0n) is 12.1. The van der Waals surface area contributed by atoms with Gasteiger partial charge >= 0.3 is 0 Å². The van der Waals surface area contributed by atoms with E-state index < -0.39 is 0 Å². The molecule has 1 N–H and O–H groups in total. The van der Waals surface area contributed by atoms with Crippen molar-refractivity contribution in [1.29, 1.82) is 5.26 Å². The quantitative estimate of drug-likeness (QED) is 0.769. The van der Waals surface area contributed by atoms with E-state index >= 15 is 0 Å². The third kappa shape index (κ3) is 1.99. The summed E-state index contributed by atoms with van der Waals surface area (Å²) in [5.41, 5.74) is 2.27. The van der Waals surface area contributed by atoms with Gasteiger partial charge in [0.2, 0.25) is 0 Å². The minimum atomic E-state index is -0.181. The molecule has 0 amide bonds. The molecule has 3 rings (SSSR count). The van der Waals surface area contributed by atoms with E-state index in [9.17, 15) is 10.1 Å². The van der Waals surface area contributed by atoms with Crippen LogP contribution >= 0.6 is 0 Å². The summed E-state index contributed by atoms with van der Waals surface area (Å²) < 4.78 is 1.79. The van der Waals surface area contributed by atoms with Crippen LogP contribution in [0.4, 0.5) is 0 Å². The number of hydrogen-bond donors (Lipinski definition) is 1. The maximum absolute atomic E-state index is 12.4. The minimum Gasteiger partial charge on any atom is -0.338 e. The fourth-order valence-corrected chi connectivity index (χ4v) is 2.66. The monoisotopic (exact) mass is 281 g/mol. The number of fused-ring (bicyclic) bond motifs is 3. The minimum absolute atomic E-state index is 0.181. The predicted octanol–water partition coefficient (Wildman–Crippen LogP) is 1.35. The van der Waals surface area contributed by atoms with Gasteiger partial charge in [-0.1, -0.05) is 6.07 Å². The summed E-state index contributed by atoms with van der Waals surface area (Å²) in [5, 5.41) is 10.0. The van der Waals surface area contributed by atoms with Crippen LogP contribution in [0.1, 0.15) is 11.4 Å². The van der Waals surface area contributed by atoms with Gasteiger partial charge in [-0.25, -0.2) is 4.98 Å². The van der Waals surface area contributed by atoms with Crippen LogP contribution in [-0.2, 0) is 13.6 Å². The van der Waals surface area contributed by atoms with Gasteiger partial charge in [-0.15, -0.1) is 0 Å². The molecule has 2 aromatic heterocycles. The number of aryl methyl sites for hydroxylation is 1. The van der Waals surface area contributed by atoms with Gasteiger partial charge in [0.25, 0.3) is 5.56 Å². The van der Waals surface area contributed by atoms with Gasteiger partial charge in [-0.3, -0.25) is 4.79 Å². The molecule has 2 heterocycles. The van der Waals surface area contributed by atoms with Gasteiger partial charge in [0.1, 0.15) is 16.9 Å². The molecule has 0 fully saturated rings. The van der Waals surface area contributed by atoms with Crippen molar-refractivity contribution in [3.8, 4) is 6.07 Å². The molecule has 1 aromatic carbocycles. The summed E-state index contributed by atoms with van der Waals surface area (Å²) in [6, 6.07) is 7.63. The van der Waals surface area contributed by atoms with E-state index in [1.807, 2.05) is 38.2 Å². The summed E-state index contributed by atoms with van der Waals surface area (Å²) >= 11 is 0. The van der Waals surface area contributed by atoms with Crippen LogP contribution in [0.15, 0.2) is 23.0 Å². The maximum Gasteiger partial charge on any atom is 0.275 e. The number of H-pyrrole nitrogens is 1. The summed E-state index contributed by atoms with van der Waals surface area (Å²) in [7, 11) is 5.64. The normalized spacial score (nSPS) is 11.4. The number of aromatic nitrogens is 3. The predicted molar refractivity (Wildman–Crippen MR) is 80.9 cm³/mol. The van der Waals surface area contributed by atoms with E-state index in [4.69, 9.17) is 0 Å². The second kappa shape index (κ2) is 4.72.